The standard InChI is InChI=1S/C13H13NO3S2/c1-17-12(15)8-9(10-4-2-6-18-10)14-13(16)11-5-3-7-19-11/h2-7,9H,8H2,1H3,(H,14,16). The predicted octanol–water partition coefficient (Wildman–Crippen LogP) is 2.84. The van der Waals surface area contributed by atoms with Gasteiger partial charge >= 0.3 is 5.97 Å². The van der Waals surface area contributed by atoms with Gasteiger partial charge in [-0.05, 0) is 22.9 Å². The average molecular weight is 295 g/mol. The number of carbonyl (C=O) groups is 2. The van der Waals surface area contributed by atoms with Crippen LogP contribution in [-0.4, -0.2) is 19.0 Å². The normalized spacial score (nSPS) is 11.8. The molecule has 100 valence electrons. The van der Waals surface area contributed by atoms with Crippen molar-refractivity contribution in [2.24, 2.45) is 0 Å². The highest BCUT2D eigenvalue weighted by Gasteiger charge is 2.20. The maximum atomic E-state index is 12.0. The third-order valence-electron chi connectivity index (χ3n) is 2.54. The van der Waals surface area contributed by atoms with Crippen molar-refractivity contribution in [2.75, 3.05) is 7.11 Å². The zero-order valence-corrected chi connectivity index (χ0v) is 11.9. The number of thiophene rings is 2. The van der Waals surface area contributed by atoms with E-state index in [4.69, 9.17) is 0 Å². The highest BCUT2D eigenvalue weighted by Crippen LogP contribution is 2.23. The molecule has 19 heavy (non-hydrogen) atoms. The summed E-state index contributed by atoms with van der Waals surface area (Å²) in [7, 11) is 1.34. The van der Waals surface area contributed by atoms with Crippen molar-refractivity contribution < 1.29 is 14.3 Å². The lowest BCUT2D eigenvalue weighted by Gasteiger charge is -2.15. The molecule has 2 aromatic heterocycles. The molecule has 2 heterocycles. The molecule has 0 aliphatic heterocycles. The molecule has 2 rings (SSSR count). The van der Waals surface area contributed by atoms with E-state index in [0.717, 1.165) is 4.88 Å². The molecule has 0 saturated carbocycles. The third-order valence-corrected chi connectivity index (χ3v) is 4.39. The van der Waals surface area contributed by atoms with Crippen molar-refractivity contribution in [2.45, 2.75) is 12.5 Å². The van der Waals surface area contributed by atoms with E-state index in [-0.39, 0.29) is 24.3 Å². The lowest BCUT2D eigenvalue weighted by atomic mass is 10.1. The van der Waals surface area contributed by atoms with Crippen molar-refractivity contribution in [1.82, 2.24) is 5.32 Å². The molecule has 2 aromatic rings. The fourth-order valence-electron chi connectivity index (χ4n) is 1.60. The maximum Gasteiger partial charge on any atom is 0.307 e. The second-order valence-electron chi connectivity index (χ2n) is 3.80. The van der Waals surface area contributed by atoms with Gasteiger partial charge in [-0.25, -0.2) is 0 Å². The van der Waals surface area contributed by atoms with E-state index in [1.807, 2.05) is 29.0 Å². The van der Waals surface area contributed by atoms with Gasteiger partial charge in [-0.3, -0.25) is 9.59 Å². The smallest absolute Gasteiger partial charge is 0.307 e. The Morgan fingerprint density at radius 1 is 1.26 bits per heavy atom. The predicted molar refractivity (Wildman–Crippen MR) is 75.5 cm³/mol. The largest absolute Gasteiger partial charge is 0.469 e. The van der Waals surface area contributed by atoms with Crippen LogP contribution < -0.4 is 5.32 Å². The fraction of sp³-hybridized carbons (Fsp3) is 0.231. The number of nitrogens with one attached hydrogen (secondary N) is 1. The summed E-state index contributed by atoms with van der Waals surface area (Å²) in [6.07, 6.45) is 0.133. The van der Waals surface area contributed by atoms with Crippen LogP contribution in [0.5, 0.6) is 0 Å². The lowest BCUT2D eigenvalue weighted by Crippen LogP contribution is -2.29. The summed E-state index contributed by atoms with van der Waals surface area (Å²) in [4.78, 5) is 25.0. The Balaban J connectivity index is 2.10. The minimum atomic E-state index is -0.345. The second kappa shape index (κ2) is 6.49. The van der Waals surface area contributed by atoms with Gasteiger partial charge in [0, 0.05) is 4.88 Å². The van der Waals surface area contributed by atoms with E-state index in [0.29, 0.717) is 4.88 Å². The van der Waals surface area contributed by atoms with Gasteiger partial charge in [-0.2, -0.15) is 0 Å². The Hall–Kier alpha value is -1.66. The fourth-order valence-corrected chi connectivity index (χ4v) is 3.00. The molecule has 1 N–H and O–H groups in total. The van der Waals surface area contributed by atoms with Crippen LogP contribution in [-0.2, 0) is 9.53 Å². The highest BCUT2D eigenvalue weighted by atomic mass is 32.1. The van der Waals surface area contributed by atoms with Crippen LogP contribution >= 0.6 is 22.7 Å². The van der Waals surface area contributed by atoms with Gasteiger partial charge in [0.15, 0.2) is 0 Å². The Labute approximate surface area is 119 Å². The van der Waals surface area contributed by atoms with E-state index in [2.05, 4.69) is 10.1 Å². The molecule has 6 heteroatoms. The summed E-state index contributed by atoms with van der Waals surface area (Å²) >= 11 is 2.87. The Morgan fingerprint density at radius 2 is 2.00 bits per heavy atom. The molecule has 4 nitrogen and oxygen atoms in total. The van der Waals surface area contributed by atoms with Crippen LogP contribution in [0.4, 0.5) is 0 Å². The Morgan fingerprint density at radius 3 is 2.58 bits per heavy atom. The zero-order chi connectivity index (χ0) is 13.7. The van der Waals surface area contributed by atoms with Crippen LogP contribution in [0.25, 0.3) is 0 Å². The molecule has 1 atom stereocenters. The SMILES string of the molecule is COC(=O)CC(NC(=O)c1cccs1)c1cccs1. The average Bonchev–Trinajstić information content (AvgIpc) is 3.10. The van der Waals surface area contributed by atoms with E-state index in [1.165, 1.54) is 29.8 Å². The molecule has 0 spiro atoms. The molecule has 0 radical (unpaired) electrons. The van der Waals surface area contributed by atoms with Gasteiger partial charge in [0.2, 0.25) is 0 Å². The Kier molecular flexibility index (Phi) is 4.70. The van der Waals surface area contributed by atoms with Crippen molar-refractivity contribution in [3.05, 3.63) is 44.8 Å². The first-order valence-electron chi connectivity index (χ1n) is 5.65. The third kappa shape index (κ3) is 3.65. The topological polar surface area (TPSA) is 55.4 Å². The minimum absolute atomic E-state index is 0.133. The van der Waals surface area contributed by atoms with Crippen molar-refractivity contribution in [3.8, 4) is 0 Å². The van der Waals surface area contributed by atoms with Gasteiger partial charge < -0.3 is 10.1 Å². The number of methoxy groups -OCH3 is 1. The van der Waals surface area contributed by atoms with Crippen molar-refractivity contribution in [3.63, 3.8) is 0 Å². The second-order valence-corrected chi connectivity index (χ2v) is 5.73. The molecule has 0 saturated heterocycles. The van der Waals surface area contributed by atoms with Crippen LogP contribution in [0.3, 0.4) is 0 Å². The van der Waals surface area contributed by atoms with Crippen molar-refractivity contribution in [1.29, 1.82) is 0 Å². The van der Waals surface area contributed by atoms with Gasteiger partial charge in [0.1, 0.15) is 0 Å². The van der Waals surface area contributed by atoms with Gasteiger partial charge in [-0.1, -0.05) is 12.1 Å². The summed E-state index contributed by atoms with van der Waals surface area (Å²) in [5, 5.41) is 6.62. The Bertz CT molecular complexity index is 534. The highest BCUT2D eigenvalue weighted by molar-refractivity contribution is 7.12. The van der Waals surface area contributed by atoms with Crippen LogP contribution in [0.1, 0.15) is 27.0 Å². The molecule has 1 amide bonds. The molecular weight excluding hydrogens is 282 g/mol. The first kappa shape index (κ1) is 13.8. The first-order valence-corrected chi connectivity index (χ1v) is 7.41. The molecule has 0 aliphatic carbocycles. The number of esters is 1. The molecule has 1 unspecified atom stereocenters. The van der Waals surface area contributed by atoms with Crippen LogP contribution in [0, 0.1) is 0 Å². The summed E-state index contributed by atoms with van der Waals surface area (Å²) in [5.74, 6) is -0.512. The summed E-state index contributed by atoms with van der Waals surface area (Å²) < 4.78 is 4.67. The van der Waals surface area contributed by atoms with Crippen LogP contribution in [0.2, 0.25) is 0 Å². The quantitative estimate of drug-likeness (QED) is 0.863. The number of carbonyl (C=O) groups excluding carboxylic acids is 2. The first-order chi connectivity index (χ1) is 9.20. The number of hydrogen-bond acceptors (Lipinski definition) is 5. The molecule has 0 bridgehead atoms. The van der Waals surface area contributed by atoms with E-state index in [9.17, 15) is 9.59 Å². The zero-order valence-electron chi connectivity index (χ0n) is 10.3. The minimum Gasteiger partial charge on any atom is -0.469 e. The summed E-state index contributed by atoms with van der Waals surface area (Å²) in [6, 6.07) is 7.01. The summed E-state index contributed by atoms with van der Waals surface area (Å²) in [6.45, 7) is 0. The van der Waals surface area contributed by atoms with E-state index >= 15 is 0 Å². The number of amides is 1. The summed E-state index contributed by atoms with van der Waals surface area (Å²) in [5.41, 5.74) is 0. The molecule has 0 aromatic carbocycles. The van der Waals surface area contributed by atoms with Gasteiger partial charge in [0.25, 0.3) is 5.91 Å². The van der Waals surface area contributed by atoms with E-state index < -0.39 is 0 Å². The molecule has 0 fully saturated rings. The van der Waals surface area contributed by atoms with Crippen LogP contribution in [0.15, 0.2) is 35.0 Å². The maximum absolute atomic E-state index is 12.0. The number of rotatable bonds is 5. The van der Waals surface area contributed by atoms with Gasteiger partial charge in [-0.15, -0.1) is 22.7 Å². The van der Waals surface area contributed by atoms with E-state index in [1.54, 1.807) is 6.07 Å². The molecule has 0 aliphatic rings. The molecular formula is C13H13NO3S2. The number of hydrogen-bond donors (Lipinski definition) is 1. The monoisotopic (exact) mass is 295 g/mol. The van der Waals surface area contributed by atoms with Gasteiger partial charge in [0.05, 0.1) is 24.4 Å². The van der Waals surface area contributed by atoms with Crippen molar-refractivity contribution >= 4 is 34.6 Å². The number of ether oxygens (including phenoxy) is 1. The lowest BCUT2D eigenvalue weighted by molar-refractivity contribution is -0.141.